The van der Waals surface area contributed by atoms with Crippen molar-refractivity contribution in [2.24, 2.45) is 22.7 Å². The number of rotatable bonds is 6. The highest BCUT2D eigenvalue weighted by molar-refractivity contribution is 14.0. The van der Waals surface area contributed by atoms with E-state index < -0.39 is 0 Å². The normalized spacial score (nSPS) is 22.3. The number of piperidine rings is 1. The van der Waals surface area contributed by atoms with Crippen molar-refractivity contribution in [2.75, 3.05) is 33.2 Å². The van der Waals surface area contributed by atoms with Gasteiger partial charge in [0.05, 0.1) is 0 Å². The summed E-state index contributed by atoms with van der Waals surface area (Å²) < 4.78 is 0. The summed E-state index contributed by atoms with van der Waals surface area (Å²) in [5, 5.41) is 7.00. The van der Waals surface area contributed by atoms with Gasteiger partial charge in [0.2, 0.25) is 0 Å². The largest absolute Gasteiger partial charge is 0.356 e. The fourth-order valence-electron chi connectivity index (χ4n) is 3.13. The summed E-state index contributed by atoms with van der Waals surface area (Å²) in [6, 6.07) is 0.608. The Morgan fingerprint density at radius 3 is 2.27 bits per heavy atom. The summed E-state index contributed by atoms with van der Waals surface area (Å²) in [6.07, 6.45) is 5.45. The van der Waals surface area contributed by atoms with Gasteiger partial charge in [0, 0.05) is 26.2 Å². The lowest BCUT2D eigenvalue weighted by Gasteiger charge is -2.39. The topological polar surface area (TPSA) is 39.7 Å². The van der Waals surface area contributed by atoms with Crippen LogP contribution < -0.4 is 10.6 Å². The lowest BCUT2D eigenvalue weighted by molar-refractivity contribution is 0.110. The summed E-state index contributed by atoms with van der Waals surface area (Å²) in [5.74, 6) is 3.42. The van der Waals surface area contributed by atoms with Crippen molar-refractivity contribution in [3.8, 4) is 0 Å². The average Bonchev–Trinajstić information content (AvgIpc) is 3.28. The van der Waals surface area contributed by atoms with E-state index in [4.69, 9.17) is 0 Å². The van der Waals surface area contributed by atoms with Crippen molar-refractivity contribution in [1.82, 2.24) is 15.5 Å². The van der Waals surface area contributed by atoms with Crippen LogP contribution in [-0.4, -0.2) is 50.1 Å². The molecule has 2 fully saturated rings. The molecule has 1 atom stereocenters. The van der Waals surface area contributed by atoms with Gasteiger partial charge in [-0.3, -0.25) is 9.89 Å². The summed E-state index contributed by atoms with van der Waals surface area (Å²) in [6.45, 7) is 11.6. The molecule has 1 unspecified atom stereocenters. The second-order valence-electron chi connectivity index (χ2n) is 7.31. The Kier molecular flexibility index (Phi) is 9.05. The fraction of sp³-hybridized carbons (Fsp3) is 0.941. The highest BCUT2D eigenvalue weighted by Crippen LogP contribution is 2.27. The van der Waals surface area contributed by atoms with E-state index in [1.165, 1.54) is 38.8 Å². The number of halogens is 1. The molecule has 1 aliphatic heterocycles. The van der Waals surface area contributed by atoms with E-state index in [9.17, 15) is 0 Å². The molecule has 22 heavy (non-hydrogen) atoms. The predicted octanol–water partition coefficient (Wildman–Crippen LogP) is 2.94. The number of nitrogens with one attached hydrogen (secondary N) is 2. The third-order valence-electron chi connectivity index (χ3n) is 5.01. The maximum atomic E-state index is 4.35. The third kappa shape index (κ3) is 6.60. The first kappa shape index (κ1) is 20.0. The molecule has 0 aromatic carbocycles. The van der Waals surface area contributed by atoms with Crippen LogP contribution in [0.15, 0.2) is 4.99 Å². The molecule has 1 saturated carbocycles. The van der Waals surface area contributed by atoms with Crippen LogP contribution in [0.4, 0.5) is 0 Å². The predicted molar refractivity (Wildman–Crippen MR) is 106 cm³/mol. The number of likely N-dealkylation sites (tertiary alicyclic amines) is 1. The molecule has 130 valence electrons. The average molecular weight is 422 g/mol. The Bertz CT molecular complexity index is 334. The van der Waals surface area contributed by atoms with Gasteiger partial charge in [-0.2, -0.15) is 0 Å². The summed E-state index contributed by atoms with van der Waals surface area (Å²) >= 11 is 0. The van der Waals surface area contributed by atoms with Crippen molar-refractivity contribution in [3.05, 3.63) is 0 Å². The van der Waals surface area contributed by atoms with Crippen molar-refractivity contribution in [3.63, 3.8) is 0 Å². The summed E-state index contributed by atoms with van der Waals surface area (Å²) in [7, 11) is 1.87. The fourth-order valence-corrected chi connectivity index (χ4v) is 3.13. The molecule has 0 aromatic rings. The van der Waals surface area contributed by atoms with Crippen LogP contribution in [0, 0.1) is 17.8 Å². The van der Waals surface area contributed by atoms with Crippen LogP contribution in [0.1, 0.15) is 46.5 Å². The molecule has 0 amide bonds. The third-order valence-corrected chi connectivity index (χ3v) is 5.01. The number of aliphatic imine (C=N–C) groups is 1. The van der Waals surface area contributed by atoms with Gasteiger partial charge in [-0.1, -0.05) is 20.8 Å². The second kappa shape index (κ2) is 9.96. The summed E-state index contributed by atoms with van der Waals surface area (Å²) in [4.78, 5) is 7.02. The molecule has 2 rings (SSSR count). The smallest absolute Gasteiger partial charge is 0.191 e. The Morgan fingerprint density at radius 2 is 1.77 bits per heavy atom. The van der Waals surface area contributed by atoms with Gasteiger partial charge in [0.25, 0.3) is 0 Å². The quantitative estimate of drug-likeness (QED) is 0.393. The lowest BCUT2D eigenvalue weighted by atomic mass is 9.94. The zero-order valence-electron chi connectivity index (χ0n) is 14.8. The van der Waals surface area contributed by atoms with Gasteiger partial charge in [0.15, 0.2) is 5.96 Å². The van der Waals surface area contributed by atoms with E-state index in [1.54, 1.807) is 0 Å². The lowest BCUT2D eigenvalue weighted by Crippen LogP contribution is -2.51. The van der Waals surface area contributed by atoms with Gasteiger partial charge in [0.1, 0.15) is 0 Å². The van der Waals surface area contributed by atoms with Gasteiger partial charge in [-0.15, -0.1) is 24.0 Å². The molecule has 1 heterocycles. The molecule has 1 saturated heterocycles. The molecule has 0 radical (unpaired) electrons. The van der Waals surface area contributed by atoms with E-state index in [1.807, 2.05) is 7.05 Å². The molecule has 5 heteroatoms. The zero-order valence-corrected chi connectivity index (χ0v) is 17.1. The number of hydrogen-bond donors (Lipinski definition) is 2. The van der Waals surface area contributed by atoms with Crippen LogP contribution in [0.5, 0.6) is 0 Å². The standard InChI is InChI=1S/C17H34N4.HI/c1-13(2)16(21-9-7-14(3)8-10-21)12-20-17(18-4)19-11-15-5-6-15;/h13-16H,5-12H2,1-4H3,(H2,18,19,20);1H. The zero-order chi connectivity index (χ0) is 15.2. The Hall–Kier alpha value is -0.0400. The van der Waals surface area contributed by atoms with E-state index >= 15 is 0 Å². The van der Waals surface area contributed by atoms with Gasteiger partial charge < -0.3 is 10.6 Å². The molecule has 2 N–H and O–H groups in total. The van der Waals surface area contributed by atoms with Crippen LogP contribution in [0.3, 0.4) is 0 Å². The molecule has 0 bridgehead atoms. The number of guanidine groups is 1. The molecular formula is C17H35IN4. The molecule has 2 aliphatic rings. The molecule has 0 aromatic heterocycles. The first-order chi connectivity index (χ1) is 10.1. The SMILES string of the molecule is CN=C(NCC1CC1)NCC(C(C)C)N1CCC(C)CC1.I. The number of hydrogen-bond acceptors (Lipinski definition) is 2. The maximum absolute atomic E-state index is 4.35. The van der Waals surface area contributed by atoms with E-state index in [2.05, 4.69) is 41.3 Å². The van der Waals surface area contributed by atoms with Gasteiger partial charge in [-0.05, 0) is 56.5 Å². The van der Waals surface area contributed by atoms with Crippen LogP contribution in [0.2, 0.25) is 0 Å². The Morgan fingerprint density at radius 1 is 1.14 bits per heavy atom. The minimum absolute atomic E-state index is 0. The summed E-state index contributed by atoms with van der Waals surface area (Å²) in [5.41, 5.74) is 0. The molecule has 0 spiro atoms. The Labute approximate surface area is 153 Å². The molecular weight excluding hydrogens is 387 g/mol. The van der Waals surface area contributed by atoms with E-state index in [0.717, 1.165) is 30.9 Å². The van der Waals surface area contributed by atoms with Crippen molar-refractivity contribution < 1.29 is 0 Å². The van der Waals surface area contributed by atoms with Crippen molar-refractivity contribution in [2.45, 2.75) is 52.5 Å². The van der Waals surface area contributed by atoms with Crippen LogP contribution in [0.25, 0.3) is 0 Å². The highest BCUT2D eigenvalue weighted by Gasteiger charge is 2.26. The Balaban J connectivity index is 0.00000242. The van der Waals surface area contributed by atoms with Crippen LogP contribution >= 0.6 is 24.0 Å². The monoisotopic (exact) mass is 422 g/mol. The van der Waals surface area contributed by atoms with Crippen LogP contribution in [-0.2, 0) is 0 Å². The number of nitrogens with zero attached hydrogens (tertiary/aromatic N) is 2. The molecule has 4 nitrogen and oxygen atoms in total. The minimum atomic E-state index is 0. The molecule has 1 aliphatic carbocycles. The van der Waals surface area contributed by atoms with Crippen molar-refractivity contribution in [1.29, 1.82) is 0 Å². The maximum Gasteiger partial charge on any atom is 0.191 e. The first-order valence-electron chi connectivity index (χ1n) is 8.78. The van der Waals surface area contributed by atoms with Crippen molar-refractivity contribution >= 4 is 29.9 Å². The second-order valence-corrected chi connectivity index (χ2v) is 7.31. The van der Waals surface area contributed by atoms with Gasteiger partial charge >= 0.3 is 0 Å². The van der Waals surface area contributed by atoms with Gasteiger partial charge in [-0.25, -0.2) is 0 Å². The highest BCUT2D eigenvalue weighted by atomic mass is 127. The van der Waals surface area contributed by atoms with E-state index in [0.29, 0.717) is 12.0 Å². The minimum Gasteiger partial charge on any atom is -0.356 e. The van der Waals surface area contributed by atoms with E-state index in [-0.39, 0.29) is 24.0 Å². The first-order valence-corrected chi connectivity index (χ1v) is 8.78.